The monoisotopic (exact) mass is 276 g/mol. The first kappa shape index (κ1) is 8.82. The summed E-state index contributed by atoms with van der Waals surface area (Å²) >= 11 is 0.514. The predicted octanol–water partition coefficient (Wildman–Crippen LogP) is 2.18. The summed E-state index contributed by atoms with van der Waals surface area (Å²) in [6, 6.07) is 14.9. The van der Waals surface area contributed by atoms with E-state index >= 15 is 0 Å². The summed E-state index contributed by atoms with van der Waals surface area (Å²) in [5, 5.41) is 2.66. The first-order chi connectivity index (χ1) is 6.29. The van der Waals surface area contributed by atoms with Gasteiger partial charge in [-0.3, -0.25) is 0 Å². The topological polar surface area (TPSA) is 0 Å². The second kappa shape index (κ2) is 3.54. The van der Waals surface area contributed by atoms with E-state index in [9.17, 15) is 0 Å². The maximum absolute atomic E-state index is 4.07. The van der Waals surface area contributed by atoms with Crippen LogP contribution in [-0.2, 0) is 0 Å². The van der Waals surface area contributed by atoms with Gasteiger partial charge < -0.3 is 0 Å². The zero-order valence-electron chi connectivity index (χ0n) is 7.75. The first-order valence-electron chi connectivity index (χ1n) is 4.42. The van der Waals surface area contributed by atoms with Crippen molar-refractivity contribution in [3.63, 3.8) is 0 Å². The maximum atomic E-state index is 4.07. The van der Waals surface area contributed by atoms with Crippen LogP contribution in [0.15, 0.2) is 49.0 Å². The fourth-order valence-corrected chi connectivity index (χ4v) is 2.84. The molecule has 0 saturated carbocycles. The van der Waals surface area contributed by atoms with Crippen LogP contribution in [0.4, 0.5) is 0 Å². The van der Waals surface area contributed by atoms with Gasteiger partial charge in [-0.05, 0) is 0 Å². The van der Waals surface area contributed by atoms with Crippen LogP contribution in [0.2, 0.25) is 0 Å². The fourth-order valence-electron chi connectivity index (χ4n) is 1.60. The standard InChI is InChI=1S/C12H9.Sn.3H/c1-2-10-7-5-8-11-6-3-4-9-12(10)11;;;;/h3-9H,1H2;;;;. The van der Waals surface area contributed by atoms with Crippen LogP contribution in [0.5, 0.6) is 0 Å². The molecule has 1 heteroatoms. The summed E-state index contributed by atoms with van der Waals surface area (Å²) in [6.07, 6.45) is 0. The van der Waals surface area contributed by atoms with Crippen molar-refractivity contribution in [1.82, 2.24) is 0 Å². The van der Waals surface area contributed by atoms with E-state index in [1.54, 1.807) is 0 Å². The van der Waals surface area contributed by atoms with Gasteiger partial charge in [0, 0.05) is 0 Å². The van der Waals surface area contributed by atoms with Gasteiger partial charge in [0.1, 0.15) is 0 Å². The number of hydrogen-bond acceptors (Lipinski definition) is 0. The van der Waals surface area contributed by atoms with Crippen LogP contribution in [0.1, 0.15) is 5.56 Å². The van der Waals surface area contributed by atoms with Gasteiger partial charge in [0.05, 0.1) is 0 Å². The van der Waals surface area contributed by atoms with E-state index < -0.39 is 0 Å². The third-order valence-corrected chi connectivity index (χ3v) is 3.79. The van der Waals surface area contributed by atoms with Gasteiger partial charge in [0.15, 0.2) is 0 Å². The molecule has 2 rings (SSSR count). The zero-order chi connectivity index (χ0) is 9.26. The van der Waals surface area contributed by atoms with Crippen LogP contribution < -0.4 is 0 Å². The molecule has 2 aromatic rings. The van der Waals surface area contributed by atoms with Gasteiger partial charge in [-0.25, -0.2) is 0 Å². The molecule has 0 radical (unpaired) electrons. The Kier molecular flexibility index (Phi) is 2.40. The average Bonchev–Trinajstić information content (AvgIpc) is 2.17. The van der Waals surface area contributed by atoms with E-state index in [1.807, 2.05) is 0 Å². The minimum absolute atomic E-state index is 0.514. The molecular weight excluding hydrogens is 263 g/mol. The van der Waals surface area contributed by atoms with Crippen molar-refractivity contribution in [2.45, 2.75) is 0 Å². The van der Waals surface area contributed by atoms with Crippen LogP contribution in [0, 0.1) is 0 Å². The summed E-state index contributed by atoms with van der Waals surface area (Å²) in [7, 11) is 0. The molecule has 0 saturated heterocycles. The Labute approximate surface area is 91.4 Å². The van der Waals surface area contributed by atoms with E-state index in [-0.39, 0.29) is 0 Å². The molecule has 0 fully saturated rings. The van der Waals surface area contributed by atoms with Crippen molar-refractivity contribution in [2.24, 2.45) is 0 Å². The molecule has 0 aromatic heterocycles. The van der Waals surface area contributed by atoms with Crippen molar-refractivity contribution in [1.29, 1.82) is 0 Å². The molecule has 0 nitrogen and oxygen atoms in total. The summed E-state index contributed by atoms with van der Waals surface area (Å²) in [5.74, 6) is 0. The minimum atomic E-state index is 0.514. The average molecular weight is 275 g/mol. The van der Waals surface area contributed by atoms with E-state index in [0.717, 1.165) is 0 Å². The van der Waals surface area contributed by atoms with Crippen molar-refractivity contribution < 1.29 is 0 Å². The Balaban J connectivity index is 2.83. The third-order valence-electron chi connectivity index (χ3n) is 2.25. The SMILES string of the molecule is C=[C]([SnH3])c1cccc2ccccc12. The summed E-state index contributed by atoms with van der Waals surface area (Å²) in [5.41, 5.74) is 1.34. The van der Waals surface area contributed by atoms with E-state index in [4.69, 9.17) is 0 Å². The van der Waals surface area contributed by atoms with Crippen LogP contribution in [0.3, 0.4) is 0 Å². The van der Waals surface area contributed by atoms with Crippen molar-refractivity contribution in [3.05, 3.63) is 54.6 Å². The summed E-state index contributed by atoms with van der Waals surface area (Å²) in [4.78, 5) is 0. The molecule has 0 amide bonds. The Morgan fingerprint density at radius 1 is 1.00 bits per heavy atom. The fraction of sp³-hybridized carbons (Fsp3) is 0. The molecule has 2 aromatic carbocycles. The van der Waals surface area contributed by atoms with Gasteiger partial charge in [-0.2, -0.15) is 0 Å². The Bertz CT molecular complexity index is 452. The number of benzene rings is 2. The summed E-state index contributed by atoms with van der Waals surface area (Å²) in [6.45, 7) is 4.07. The predicted molar refractivity (Wildman–Crippen MR) is 62.9 cm³/mol. The van der Waals surface area contributed by atoms with Gasteiger partial charge >= 0.3 is 91.5 Å². The van der Waals surface area contributed by atoms with Crippen LogP contribution in [0.25, 0.3) is 14.4 Å². The van der Waals surface area contributed by atoms with E-state index in [1.165, 1.54) is 19.9 Å². The van der Waals surface area contributed by atoms with Gasteiger partial charge in [0.25, 0.3) is 0 Å². The third kappa shape index (κ3) is 1.63. The molecule has 0 aliphatic heterocycles. The Morgan fingerprint density at radius 3 is 2.46 bits per heavy atom. The second-order valence-corrected chi connectivity index (χ2v) is 6.75. The molecule has 0 unspecified atom stereocenters. The Morgan fingerprint density at radius 2 is 1.69 bits per heavy atom. The molecule has 0 heterocycles. The van der Waals surface area contributed by atoms with Crippen LogP contribution in [-0.4, -0.2) is 22.5 Å². The van der Waals surface area contributed by atoms with Crippen molar-refractivity contribution >= 4 is 36.9 Å². The zero-order valence-corrected chi connectivity index (χ0v) is 13.5. The molecule has 0 aliphatic carbocycles. The molecule has 0 atom stereocenters. The molecule has 0 spiro atoms. The second-order valence-electron chi connectivity index (χ2n) is 3.31. The molecule has 0 aliphatic rings. The van der Waals surface area contributed by atoms with Crippen LogP contribution >= 0.6 is 0 Å². The molecule has 64 valence electrons. The van der Waals surface area contributed by atoms with Gasteiger partial charge in [-0.15, -0.1) is 0 Å². The summed E-state index contributed by atoms with van der Waals surface area (Å²) < 4.78 is 1.33. The molecule has 0 N–H and O–H groups in total. The van der Waals surface area contributed by atoms with E-state index in [0.29, 0.717) is 22.5 Å². The quantitative estimate of drug-likeness (QED) is 0.700. The number of rotatable bonds is 1. The number of hydrogen-bond donors (Lipinski definition) is 0. The van der Waals surface area contributed by atoms with Crippen molar-refractivity contribution in [3.8, 4) is 0 Å². The normalized spacial score (nSPS) is 10.5. The molecular formula is C12H12Sn. The Hall–Kier alpha value is -0.761. The molecule has 13 heavy (non-hydrogen) atoms. The van der Waals surface area contributed by atoms with Gasteiger partial charge in [-0.1, -0.05) is 0 Å². The van der Waals surface area contributed by atoms with E-state index in [2.05, 4.69) is 49.0 Å². The number of fused-ring (bicyclic) bond motifs is 1. The molecule has 0 bridgehead atoms. The first-order valence-corrected chi connectivity index (χ1v) is 7.28. The van der Waals surface area contributed by atoms with Crippen molar-refractivity contribution in [2.75, 3.05) is 0 Å². The van der Waals surface area contributed by atoms with Gasteiger partial charge in [0.2, 0.25) is 0 Å².